The maximum atomic E-state index is 14.2. The summed E-state index contributed by atoms with van der Waals surface area (Å²) in [6.07, 6.45) is 6.97. The number of rotatable bonds is 30. The average Bonchev–Trinajstić information content (AvgIpc) is 1.82. The number of nitrogens with two attached hydrogens (primary N) is 6. The molecule has 0 bridgehead atoms. The van der Waals surface area contributed by atoms with Crippen LogP contribution in [-0.2, 0) is 78.4 Å². The summed E-state index contributed by atoms with van der Waals surface area (Å²) in [7, 11) is 1.29. The predicted molar refractivity (Wildman–Crippen MR) is 365 cm³/mol. The van der Waals surface area contributed by atoms with Gasteiger partial charge in [0, 0.05) is 52.1 Å². The third-order valence-electron chi connectivity index (χ3n) is 18.8. The van der Waals surface area contributed by atoms with Crippen LogP contribution in [0.15, 0.2) is 121 Å². The third-order valence-corrected chi connectivity index (χ3v) is 18.8. The number of benzene rings is 4. The summed E-state index contributed by atoms with van der Waals surface area (Å²) in [6, 6.07) is 30.4. The first-order valence-corrected chi connectivity index (χ1v) is 33.9. The molecule has 0 aromatic heterocycles. The number of ether oxygens (including phenoxy) is 1. The molecule has 0 unspecified atom stereocenters. The molecule has 4 aliphatic heterocycles. The summed E-state index contributed by atoms with van der Waals surface area (Å²) in [5, 5.41) is 21.1. The van der Waals surface area contributed by atoms with Gasteiger partial charge in [-0.1, -0.05) is 121 Å². The van der Waals surface area contributed by atoms with Gasteiger partial charge in [-0.05, 0) is 138 Å². The Kier molecular flexibility index (Phi) is 29.0. The molecule has 8 amide bonds. The second-order valence-corrected chi connectivity index (χ2v) is 25.9. The Hall–Kier alpha value is -8.66. The van der Waals surface area contributed by atoms with Crippen LogP contribution in [0.25, 0.3) is 0 Å². The number of unbranched alkanes of at least 4 members (excludes halogenated alkanes) is 2. The Labute approximate surface area is 568 Å². The molecule has 8 rings (SSSR count). The standard InChI is InChI=1S/C36H51N7O6.C35H49N7O6/c1-49-35(48)36(39)17-21-42(22-18-36)33(46)28(15-8-9-19-37)40-32(45)30-16-10-20-43(30)34(47)29(24-26-13-6-3-7-14-26)41-31(44)27(38)23-25-11-4-2-5-12-25;36-18-8-7-14-27(32(45)41-20-16-35(38,17-21-41)34(47)48)39-31(44)29-15-9-19-42(29)33(46)28(23-25-12-5-2-6-13-25)40-30(43)26(37)22-24-10-3-1-4-11-24/h2-7,11-14,27-30H,8-10,15-24,37-39H2,1H3,(H,40,45)(H,41,44);1-6,10-13,26-29H,7-9,14-23,36-38H2,(H,39,44)(H,40,43)(H,47,48)/t27-,28-,29-,30-;26-,27-,28-,29-/m11/s1. The van der Waals surface area contributed by atoms with Crippen molar-refractivity contribution in [3.63, 3.8) is 0 Å². The van der Waals surface area contributed by atoms with Crippen LogP contribution in [-0.4, -0.2) is 203 Å². The lowest BCUT2D eigenvalue weighted by molar-refractivity contribution is -0.151. The summed E-state index contributed by atoms with van der Waals surface area (Å²) in [6.45, 7) is 2.34. The first-order chi connectivity index (χ1) is 46.6. The molecule has 0 radical (unpaired) electrons. The van der Waals surface area contributed by atoms with Crippen LogP contribution in [0.2, 0.25) is 0 Å². The molecule has 4 heterocycles. The zero-order chi connectivity index (χ0) is 70.1. The zero-order valence-electron chi connectivity index (χ0n) is 55.7. The Morgan fingerprint density at radius 2 is 0.794 bits per heavy atom. The van der Waals surface area contributed by atoms with Crippen molar-refractivity contribution in [3.8, 4) is 0 Å². The fraction of sp³-hybridized carbons (Fsp3) is 0.521. The molecule has 4 aromatic rings. The average molecular weight is 1340 g/mol. The van der Waals surface area contributed by atoms with E-state index >= 15 is 0 Å². The van der Waals surface area contributed by atoms with E-state index in [0.717, 1.165) is 22.3 Å². The van der Waals surface area contributed by atoms with Crippen molar-refractivity contribution in [1.29, 1.82) is 0 Å². The van der Waals surface area contributed by atoms with Gasteiger partial charge >= 0.3 is 11.9 Å². The summed E-state index contributed by atoms with van der Waals surface area (Å²) in [5.41, 5.74) is 37.1. The number of likely N-dealkylation sites (tertiary alicyclic amines) is 4. The number of carbonyl (C=O) groups excluding carboxylic acids is 9. The van der Waals surface area contributed by atoms with Crippen molar-refractivity contribution in [1.82, 2.24) is 40.9 Å². The van der Waals surface area contributed by atoms with Gasteiger partial charge in [-0.15, -0.1) is 0 Å². The second-order valence-electron chi connectivity index (χ2n) is 25.9. The number of nitrogens with zero attached hydrogens (tertiary/aromatic N) is 4. The Bertz CT molecular complexity index is 3250. The normalized spacial score (nSPS) is 19.1. The van der Waals surface area contributed by atoms with E-state index < -0.39 is 101 Å². The minimum absolute atomic E-state index is 0.103. The van der Waals surface area contributed by atoms with Gasteiger partial charge in [-0.25, -0.2) is 0 Å². The van der Waals surface area contributed by atoms with Crippen LogP contribution in [0, 0.1) is 0 Å². The van der Waals surface area contributed by atoms with E-state index in [0.29, 0.717) is 103 Å². The van der Waals surface area contributed by atoms with E-state index in [4.69, 9.17) is 39.1 Å². The van der Waals surface area contributed by atoms with Crippen molar-refractivity contribution >= 4 is 59.2 Å². The fourth-order valence-corrected chi connectivity index (χ4v) is 12.9. The highest BCUT2D eigenvalue weighted by Crippen LogP contribution is 2.27. The summed E-state index contributed by atoms with van der Waals surface area (Å²) < 4.78 is 4.85. The maximum Gasteiger partial charge on any atom is 0.325 e. The van der Waals surface area contributed by atoms with Crippen LogP contribution in [0.5, 0.6) is 0 Å². The molecular formula is C71H100N14O12. The first kappa shape index (κ1) is 75.7. The van der Waals surface area contributed by atoms with Gasteiger partial charge in [0.2, 0.25) is 47.3 Å². The van der Waals surface area contributed by atoms with E-state index in [1.54, 1.807) is 9.80 Å². The SMILES string of the molecule is COC(=O)C1(N)CCN(C(=O)[C@@H](CCCCN)NC(=O)[C@H]2CCCN2C(=O)[C@@H](Cc2ccccc2)NC(=O)[C@H](N)Cc2ccccc2)CC1.NCCCC[C@@H](NC(=O)[C@H]1CCCN1C(=O)[C@@H](Cc1ccccc1)NC(=O)[C@H](N)Cc1ccccc1)C(=O)N1CCC(N)(C(=O)O)CC1. The van der Waals surface area contributed by atoms with Crippen LogP contribution in [0.1, 0.15) is 112 Å². The summed E-state index contributed by atoms with van der Waals surface area (Å²) in [4.78, 5) is 140. The highest BCUT2D eigenvalue weighted by molar-refractivity contribution is 5.97. The number of esters is 1. The highest BCUT2D eigenvalue weighted by atomic mass is 16.5. The van der Waals surface area contributed by atoms with Gasteiger partial charge in [-0.3, -0.25) is 47.9 Å². The molecular weight excluding hydrogens is 1240 g/mol. The van der Waals surface area contributed by atoms with Gasteiger partial charge in [0.25, 0.3) is 0 Å². The molecule has 26 heteroatoms. The van der Waals surface area contributed by atoms with Crippen LogP contribution in [0.3, 0.4) is 0 Å². The van der Waals surface area contributed by atoms with Crippen molar-refractivity contribution in [2.75, 3.05) is 59.5 Å². The highest BCUT2D eigenvalue weighted by Gasteiger charge is 2.45. The lowest BCUT2D eigenvalue weighted by Gasteiger charge is -2.38. The molecule has 97 heavy (non-hydrogen) atoms. The van der Waals surface area contributed by atoms with Crippen LogP contribution < -0.4 is 55.7 Å². The van der Waals surface area contributed by atoms with Crippen molar-refractivity contribution in [3.05, 3.63) is 144 Å². The first-order valence-electron chi connectivity index (χ1n) is 33.9. The zero-order valence-corrected chi connectivity index (χ0v) is 55.7. The van der Waals surface area contributed by atoms with E-state index in [1.165, 1.54) is 16.9 Å². The third kappa shape index (κ3) is 21.7. The van der Waals surface area contributed by atoms with Gasteiger partial charge in [0.05, 0.1) is 19.2 Å². The van der Waals surface area contributed by atoms with Crippen molar-refractivity contribution in [2.45, 2.75) is 175 Å². The van der Waals surface area contributed by atoms with E-state index in [2.05, 4.69) is 21.3 Å². The Balaban J connectivity index is 0.000000273. The molecule has 4 aliphatic rings. The fourth-order valence-electron chi connectivity index (χ4n) is 12.9. The molecule has 17 N–H and O–H groups in total. The molecule has 0 saturated carbocycles. The van der Waals surface area contributed by atoms with Crippen molar-refractivity contribution < 1.29 is 57.8 Å². The topological polar surface area (TPSA) is 417 Å². The molecule has 4 saturated heterocycles. The molecule has 26 nitrogen and oxygen atoms in total. The summed E-state index contributed by atoms with van der Waals surface area (Å²) >= 11 is 0. The number of piperidine rings is 2. The molecule has 0 aliphatic carbocycles. The lowest BCUT2D eigenvalue weighted by Crippen LogP contribution is -2.60. The number of aliphatic carboxylic acids is 1. The maximum absolute atomic E-state index is 14.2. The Morgan fingerprint density at radius 1 is 0.464 bits per heavy atom. The van der Waals surface area contributed by atoms with E-state index in [1.807, 2.05) is 121 Å². The summed E-state index contributed by atoms with van der Waals surface area (Å²) in [5.74, 6) is -4.79. The van der Waals surface area contributed by atoms with Gasteiger partial charge < -0.3 is 85.1 Å². The molecule has 526 valence electrons. The minimum atomic E-state index is -1.39. The lowest BCUT2D eigenvalue weighted by atomic mass is 9.88. The molecule has 8 atom stereocenters. The second kappa shape index (κ2) is 37.2. The smallest absolute Gasteiger partial charge is 0.325 e. The largest absolute Gasteiger partial charge is 0.480 e. The van der Waals surface area contributed by atoms with Crippen LogP contribution in [0.4, 0.5) is 0 Å². The number of carboxylic acids is 1. The van der Waals surface area contributed by atoms with E-state index in [-0.39, 0.29) is 82.4 Å². The minimum Gasteiger partial charge on any atom is -0.480 e. The Morgan fingerprint density at radius 3 is 1.11 bits per heavy atom. The number of hydrogen-bond donors (Lipinski definition) is 11. The van der Waals surface area contributed by atoms with Gasteiger partial charge in [0.1, 0.15) is 47.3 Å². The molecule has 4 aromatic carbocycles. The number of carbonyl (C=O) groups is 10. The van der Waals surface area contributed by atoms with Crippen LogP contribution >= 0.6 is 0 Å². The monoisotopic (exact) mass is 1340 g/mol. The molecule has 4 fully saturated rings. The number of hydrogen-bond acceptors (Lipinski definition) is 17. The quantitative estimate of drug-likeness (QED) is 0.0252. The number of amides is 8. The number of nitrogens with one attached hydrogen (secondary N) is 4. The van der Waals surface area contributed by atoms with Gasteiger partial charge in [-0.2, -0.15) is 0 Å². The molecule has 0 spiro atoms. The predicted octanol–water partition coefficient (Wildman–Crippen LogP) is 0.675. The van der Waals surface area contributed by atoms with Gasteiger partial charge in [0.15, 0.2) is 0 Å². The number of carboxylic acid groups (broad SMARTS) is 1. The van der Waals surface area contributed by atoms with E-state index in [9.17, 15) is 53.1 Å². The number of methoxy groups -OCH3 is 1. The van der Waals surface area contributed by atoms with Crippen molar-refractivity contribution in [2.24, 2.45) is 34.4 Å².